The maximum Gasteiger partial charge on any atom is 0.0601 e. The van der Waals surface area contributed by atoms with Crippen molar-refractivity contribution >= 4 is 0 Å². The van der Waals surface area contributed by atoms with Crippen LogP contribution < -0.4 is 5.73 Å². The lowest BCUT2D eigenvalue weighted by Crippen LogP contribution is -2.54. The topological polar surface area (TPSA) is 52.7 Å². The van der Waals surface area contributed by atoms with Crippen LogP contribution in [0.1, 0.15) is 32.6 Å². The fourth-order valence-electron chi connectivity index (χ4n) is 2.76. The van der Waals surface area contributed by atoms with Crippen molar-refractivity contribution in [2.75, 3.05) is 33.8 Å². The lowest BCUT2D eigenvalue weighted by Gasteiger charge is -2.40. The van der Waals surface area contributed by atoms with Gasteiger partial charge in [0.05, 0.1) is 6.61 Å². The molecule has 0 amide bonds. The van der Waals surface area contributed by atoms with Crippen molar-refractivity contribution in [2.24, 2.45) is 5.73 Å². The Labute approximate surface area is 106 Å². The van der Waals surface area contributed by atoms with Crippen molar-refractivity contribution in [1.82, 2.24) is 9.80 Å². The molecule has 1 saturated heterocycles. The zero-order chi connectivity index (χ0) is 12.8. The molecule has 2 unspecified atom stereocenters. The fourth-order valence-corrected chi connectivity index (χ4v) is 2.76. The van der Waals surface area contributed by atoms with Gasteiger partial charge in [0.2, 0.25) is 0 Å². The van der Waals surface area contributed by atoms with Crippen molar-refractivity contribution in [2.45, 2.75) is 50.7 Å². The van der Waals surface area contributed by atoms with E-state index in [1.165, 1.54) is 12.8 Å². The second kappa shape index (κ2) is 7.31. The summed E-state index contributed by atoms with van der Waals surface area (Å²) in [6, 6.07) is 0.782. The maximum atomic E-state index is 9.54. The summed E-state index contributed by atoms with van der Waals surface area (Å²) >= 11 is 0. The molecule has 4 heteroatoms. The SMILES string of the molecule is CCCC(N)C(CO)N(C)C1CCN(C)CC1. The molecule has 1 aliphatic heterocycles. The summed E-state index contributed by atoms with van der Waals surface area (Å²) in [4.78, 5) is 4.68. The average Bonchev–Trinajstić information content (AvgIpc) is 2.31. The predicted molar refractivity (Wildman–Crippen MR) is 72.0 cm³/mol. The Kier molecular flexibility index (Phi) is 6.41. The molecule has 1 rings (SSSR count). The Hall–Kier alpha value is -0.160. The minimum atomic E-state index is 0.0923. The molecule has 0 spiro atoms. The van der Waals surface area contributed by atoms with E-state index in [-0.39, 0.29) is 18.7 Å². The Balaban J connectivity index is 2.50. The van der Waals surface area contributed by atoms with Crippen molar-refractivity contribution in [1.29, 1.82) is 0 Å². The van der Waals surface area contributed by atoms with Crippen LogP contribution in [-0.4, -0.2) is 66.8 Å². The summed E-state index contributed by atoms with van der Waals surface area (Å²) in [6.07, 6.45) is 4.44. The summed E-state index contributed by atoms with van der Waals surface area (Å²) in [5.74, 6) is 0. The van der Waals surface area contributed by atoms with E-state index in [0.717, 1.165) is 25.9 Å². The highest BCUT2D eigenvalue weighted by Gasteiger charge is 2.28. The fraction of sp³-hybridized carbons (Fsp3) is 1.00. The van der Waals surface area contributed by atoms with Gasteiger partial charge in [-0.25, -0.2) is 0 Å². The molecule has 0 aromatic heterocycles. The summed E-state index contributed by atoms with van der Waals surface area (Å²) < 4.78 is 0. The number of aliphatic hydroxyl groups excluding tert-OH is 1. The number of nitrogens with two attached hydrogens (primary N) is 1. The highest BCUT2D eigenvalue weighted by molar-refractivity contribution is 4.86. The zero-order valence-electron chi connectivity index (χ0n) is 11.6. The Morgan fingerprint density at radius 2 is 2.00 bits per heavy atom. The first-order valence-corrected chi connectivity index (χ1v) is 6.87. The van der Waals surface area contributed by atoms with Crippen LogP contribution in [0.4, 0.5) is 0 Å². The molecule has 0 saturated carbocycles. The Morgan fingerprint density at radius 1 is 1.41 bits per heavy atom. The van der Waals surface area contributed by atoms with Crippen LogP contribution >= 0.6 is 0 Å². The van der Waals surface area contributed by atoms with Crippen LogP contribution in [0.25, 0.3) is 0 Å². The third kappa shape index (κ3) is 4.21. The van der Waals surface area contributed by atoms with E-state index < -0.39 is 0 Å². The molecule has 0 bridgehead atoms. The lowest BCUT2D eigenvalue weighted by atomic mass is 9.98. The summed E-state index contributed by atoms with van der Waals surface area (Å²) in [5.41, 5.74) is 6.16. The minimum absolute atomic E-state index is 0.0923. The number of piperidine rings is 1. The molecular weight excluding hydrogens is 214 g/mol. The van der Waals surface area contributed by atoms with Gasteiger partial charge in [-0.05, 0) is 46.4 Å². The third-order valence-corrected chi connectivity index (χ3v) is 4.09. The smallest absolute Gasteiger partial charge is 0.0601 e. The first-order valence-electron chi connectivity index (χ1n) is 6.87. The number of rotatable bonds is 6. The molecule has 1 heterocycles. The van der Waals surface area contributed by atoms with Gasteiger partial charge in [-0.2, -0.15) is 0 Å². The summed E-state index contributed by atoms with van der Waals surface area (Å²) in [7, 11) is 4.29. The first-order chi connectivity index (χ1) is 8.10. The molecule has 3 N–H and O–H groups in total. The van der Waals surface area contributed by atoms with Crippen LogP contribution in [-0.2, 0) is 0 Å². The molecule has 0 aromatic rings. The van der Waals surface area contributed by atoms with Crippen LogP contribution in [0, 0.1) is 0 Å². The molecule has 1 aliphatic rings. The molecule has 2 atom stereocenters. The third-order valence-electron chi connectivity index (χ3n) is 4.09. The zero-order valence-corrected chi connectivity index (χ0v) is 11.6. The van der Waals surface area contributed by atoms with Gasteiger partial charge in [0, 0.05) is 18.1 Å². The maximum absolute atomic E-state index is 9.54. The van der Waals surface area contributed by atoms with Crippen molar-refractivity contribution in [3.63, 3.8) is 0 Å². The van der Waals surface area contributed by atoms with Crippen molar-refractivity contribution in [3.8, 4) is 0 Å². The highest BCUT2D eigenvalue weighted by atomic mass is 16.3. The minimum Gasteiger partial charge on any atom is -0.395 e. The predicted octanol–water partition coefficient (Wildman–Crippen LogP) is 0.501. The van der Waals surface area contributed by atoms with Crippen LogP contribution in [0.5, 0.6) is 0 Å². The molecule has 4 nitrogen and oxygen atoms in total. The van der Waals surface area contributed by atoms with Gasteiger partial charge in [0.15, 0.2) is 0 Å². The molecule has 0 aliphatic carbocycles. The number of likely N-dealkylation sites (N-methyl/N-ethyl adjacent to an activating group) is 1. The molecule has 17 heavy (non-hydrogen) atoms. The molecule has 0 aromatic carbocycles. The second-order valence-corrected chi connectivity index (χ2v) is 5.40. The Bertz CT molecular complexity index is 205. The average molecular weight is 243 g/mol. The van der Waals surface area contributed by atoms with E-state index in [1.807, 2.05) is 0 Å². The number of hydrogen-bond acceptors (Lipinski definition) is 4. The van der Waals surface area contributed by atoms with E-state index in [0.29, 0.717) is 6.04 Å². The van der Waals surface area contributed by atoms with E-state index in [1.54, 1.807) is 0 Å². The molecule has 0 radical (unpaired) electrons. The normalized spacial score (nSPS) is 22.9. The lowest BCUT2D eigenvalue weighted by molar-refractivity contribution is 0.0587. The van der Waals surface area contributed by atoms with Gasteiger partial charge in [0.25, 0.3) is 0 Å². The van der Waals surface area contributed by atoms with Gasteiger partial charge in [-0.3, -0.25) is 4.90 Å². The number of nitrogens with zero attached hydrogens (tertiary/aromatic N) is 2. The quantitative estimate of drug-likeness (QED) is 0.713. The van der Waals surface area contributed by atoms with E-state index in [2.05, 4.69) is 30.8 Å². The van der Waals surface area contributed by atoms with Crippen molar-refractivity contribution in [3.05, 3.63) is 0 Å². The highest BCUT2D eigenvalue weighted by Crippen LogP contribution is 2.18. The van der Waals surface area contributed by atoms with Gasteiger partial charge in [-0.15, -0.1) is 0 Å². The molecular formula is C13H29N3O. The number of likely N-dealkylation sites (tertiary alicyclic amines) is 1. The van der Waals surface area contributed by atoms with Gasteiger partial charge < -0.3 is 15.7 Å². The second-order valence-electron chi connectivity index (χ2n) is 5.40. The summed E-state index contributed by atoms with van der Waals surface area (Å²) in [6.45, 7) is 4.61. The standard InChI is InChI=1S/C13H29N3O/c1-4-5-12(14)13(10-17)16(3)11-6-8-15(2)9-7-11/h11-13,17H,4-10,14H2,1-3H3. The van der Waals surface area contributed by atoms with Crippen LogP contribution in [0.15, 0.2) is 0 Å². The van der Waals surface area contributed by atoms with E-state index in [9.17, 15) is 5.11 Å². The van der Waals surface area contributed by atoms with Crippen LogP contribution in [0.2, 0.25) is 0 Å². The number of aliphatic hydroxyl groups is 1. The first kappa shape index (κ1) is 14.9. The largest absolute Gasteiger partial charge is 0.395 e. The van der Waals surface area contributed by atoms with Gasteiger partial charge >= 0.3 is 0 Å². The monoisotopic (exact) mass is 243 g/mol. The van der Waals surface area contributed by atoms with Crippen LogP contribution in [0.3, 0.4) is 0 Å². The Morgan fingerprint density at radius 3 is 2.47 bits per heavy atom. The van der Waals surface area contributed by atoms with E-state index in [4.69, 9.17) is 5.73 Å². The van der Waals surface area contributed by atoms with Crippen molar-refractivity contribution < 1.29 is 5.11 Å². The molecule has 102 valence electrons. The van der Waals surface area contributed by atoms with E-state index >= 15 is 0 Å². The molecule has 1 fully saturated rings. The van der Waals surface area contributed by atoms with Gasteiger partial charge in [-0.1, -0.05) is 13.3 Å². The number of hydrogen-bond donors (Lipinski definition) is 2. The summed E-state index contributed by atoms with van der Waals surface area (Å²) in [5, 5.41) is 9.54. The van der Waals surface area contributed by atoms with Gasteiger partial charge in [0.1, 0.15) is 0 Å².